The minimum Gasteiger partial charge on any atom is -0.515 e. The van der Waals surface area contributed by atoms with Gasteiger partial charge in [-0.2, -0.15) is 0 Å². The van der Waals surface area contributed by atoms with E-state index in [2.05, 4.69) is 16.1 Å². The Bertz CT molecular complexity index is 955. The van der Waals surface area contributed by atoms with E-state index >= 15 is 0 Å². The van der Waals surface area contributed by atoms with Gasteiger partial charge in [0.25, 0.3) is 0 Å². The highest BCUT2D eigenvalue weighted by Crippen LogP contribution is 2.04. The number of unbranched alkanes of at least 4 members (excludes halogenated alkanes) is 1. The summed E-state index contributed by atoms with van der Waals surface area (Å²) in [7, 11) is 0. The lowest BCUT2D eigenvalue weighted by molar-refractivity contribution is -0.139. The summed E-state index contributed by atoms with van der Waals surface area (Å²) in [5, 5.41) is 25.5. The molecule has 0 aromatic heterocycles. The zero-order valence-corrected chi connectivity index (χ0v) is 21.5. The molecule has 0 saturated heterocycles. The highest BCUT2D eigenvalue weighted by molar-refractivity contribution is 5.93. The van der Waals surface area contributed by atoms with Crippen molar-refractivity contribution in [1.82, 2.24) is 0 Å². The summed E-state index contributed by atoms with van der Waals surface area (Å²) in [5.41, 5.74) is 1.28. The number of hydrogen-bond acceptors (Lipinski definition) is 7. The van der Waals surface area contributed by atoms with E-state index in [0.717, 1.165) is 30.6 Å². The number of aliphatic carboxylic acids is 2. The molecule has 0 aliphatic heterocycles. The molecule has 0 fully saturated rings. The number of carbonyl (C=O) groups excluding carboxylic acids is 2. The molecule has 0 aliphatic carbocycles. The van der Waals surface area contributed by atoms with Gasteiger partial charge in [0.05, 0.1) is 25.0 Å². The fourth-order valence-corrected chi connectivity index (χ4v) is 2.10. The van der Waals surface area contributed by atoms with E-state index in [9.17, 15) is 19.2 Å². The lowest BCUT2D eigenvalue weighted by Crippen LogP contribution is -2.06. The first kappa shape index (κ1) is 34.8. The Morgan fingerprint density at radius 3 is 2.08 bits per heavy atom. The Kier molecular flexibility index (Phi) is 21.9. The number of carboxylic acids is 2. The molecule has 37 heavy (non-hydrogen) atoms. The molecule has 3 N–H and O–H groups in total. The van der Waals surface area contributed by atoms with Crippen molar-refractivity contribution in [3.8, 4) is 0 Å². The van der Waals surface area contributed by atoms with Crippen LogP contribution in [0.15, 0.2) is 84.7 Å². The van der Waals surface area contributed by atoms with Crippen molar-refractivity contribution in [1.29, 1.82) is 0 Å². The molecule has 1 aromatic rings. The summed E-state index contributed by atoms with van der Waals surface area (Å²) in [6, 6.07) is 9.78. The SMILES string of the molecule is C=CC(=O)OCCCC.CCC(=CC=Cc1ccccc1)C(=O)O.CCOC(=O)C(C=CC(=O)O)=CO. The molecular formula is C28H36O9. The predicted octanol–water partition coefficient (Wildman–Crippen LogP) is 5.27. The number of hydrogen-bond donors (Lipinski definition) is 3. The molecule has 0 unspecified atom stereocenters. The second kappa shape index (κ2) is 23.3. The summed E-state index contributed by atoms with van der Waals surface area (Å²) >= 11 is 0. The maximum atomic E-state index is 10.9. The largest absolute Gasteiger partial charge is 0.515 e. The molecule has 0 radical (unpaired) electrons. The van der Waals surface area contributed by atoms with Crippen LogP contribution >= 0.6 is 0 Å². The molecule has 1 aromatic carbocycles. The fourth-order valence-electron chi connectivity index (χ4n) is 2.10. The molecule has 0 amide bonds. The van der Waals surface area contributed by atoms with Crippen molar-refractivity contribution < 1.29 is 44.0 Å². The molecular weight excluding hydrogens is 480 g/mol. The molecule has 1 rings (SSSR count). The van der Waals surface area contributed by atoms with Crippen LogP contribution in [-0.2, 0) is 28.7 Å². The monoisotopic (exact) mass is 516 g/mol. The van der Waals surface area contributed by atoms with Crippen LogP contribution in [0.4, 0.5) is 0 Å². The average Bonchev–Trinajstić information content (AvgIpc) is 2.88. The van der Waals surface area contributed by atoms with E-state index in [1.807, 2.05) is 50.3 Å². The normalized spacial score (nSPS) is 11.0. The van der Waals surface area contributed by atoms with Crippen LogP contribution in [0.2, 0.25) is 0 Å². The second-order valence-electron chi connectivity index (χ2n) is 6.82. The average molecular weight is 517 g/mol. The van der Waals surface area contributed by atoms with E-state index in [0.29, 0.717) is 24.9 Å². The molecule has 0 spiro atoms. The highest BCUT2D eigenvalue weighted by Gasteiger charge is 2.07. The maximum absolute atomic E-state index is 10.9. The third-order valence-electron chi connectivity index (χ3n) is 4.01. The van der Waals surface area contributed by atoms with Gasteiger partial charge >= 0.3 is 23.9 Å². The van der Waals surface area contributed by atoms with E-state index in [1.165, 1.54) is 6.08 Å². The molecule has 0 heterocycles. The van der Waals surface area contributed by atoms with Crippen LogP contribution in [0.3, 0.4) is 0 Å². The molecule has 202 valence electrons. The topological polar surface area (TPSA) is 147 Å². The van der Waals surface area contributed by atoms with E-state index in [4.69, 9.17) is 15.3 Å². The van der Waals surface area contributed by atoms with E-state index in [1.54, 1.807) is 19.1 Å². The number of carboxylic acid groups (broad SMARTS) is 2. The third kappa shape index (κ3) is 20.7. The van der Waals surface area contributed by atoms with Crippen molar-refractivity contribution in [3.63, 3.8) is 0 Å². The molecule has 9 nitrogen and oxygen atoms in total. The minimum absolute atomic E-state index is 0.164. The summed E-state index contributed by atoms with van der Waals surface area (Å²) in [6.07, 6.45) is 11.2. The summed E-state index contributed by atoms with van der Waals surface area (Å²) in [5.74, 6) is -3.15. The Morgan fingerprint density at radius 2 is 1.62 bits per heavy atom. The number of esters is 2. The summed E-state index contributed by atoms with van der Waals surface area (Å²) < 4.78 is 9.19. The fraction of sp³-hybridized carbons (Fsp3) is 0.286. The number of carbonyl (C=O) groups is 4. The highest BCUT2D eigenvalue weighted by atomic mass is 16.5. The van der Waals surface area contributed by atoms with Gasteiger partial charge in [-0.15, -0.1) is 0 Å². The number of aliphatic hydroxyl groups excluding tert-OH is 1. The minimum atomic E-state index is -1.20. The van der Waals surface area contributed by atoms with Crippen molar-refractivity contribution in [2.45, 2.75) is 40.0 Å². The number of ether oxygens (including phenoxy) is 2. The van der Waals surface area contributed by atoms with E-state index in [-0.39, 0.29) is 18.1 Å². The first-order valence-corrected chi connectivity index (χ1v) is 11.5. The molecule has 0 atom stereocenters. The van der Waals surface area contributed by atoms with Gasteiger partial charge in [0.2, 0.25) is 0 Å². The van der Waals surface area contributed by atoms with Crippen molar-refractivity contribution in [3.05, 3.63) is 90.3 Å². The van der Waals surface area contributed by atoms with E-state index < -0.39 is 17.9 Å². The Hall–Kier alpha value is -4.40. The molecule has 0 bridgehead atoms. The van der Waals surface area contributed by atoms with Gasteiger partial charge in [0, 0.05) is 17.7 Å². The first-order valence-electron chi connectivity index (χ1n) is 11.5. The standard InChI is InChI=1S/C13H14O2.C8H10O5.C7H12O2/c1-2-12(13(14)15)10-6-9-11-7-4-3-5-8-11;1-2-13-8(12)6(5-9)3-4-7(10)11;1-3-5-6-9-7(8)4-2/h3-10H,2H2,1H3,(H,14,15);3-5,9H,2H2,1H3,(H,10,11);4H,2-3,5-6H2,1H3. The second-order valence-corrected chi connectivity index (χ2v) is 6.82. The zero-order chi connectivity index (χ0) is 28.5. The number of allylic oxidation sites excluding steroid dienone is 2. The molecule has 0 saturated carbocycles. The number of aliphatic hydroxyl groups is 1. The van der Waals surface area contributed by atoms with Crippen LogP contribution in [0.5, 0.6) is 0 Å². The van der Waals surface area contributed by atoms with Crippen molar-refractivity contribution >= 4 is 30.0 Å². The Labute approximate surface area is 217 Å². The van der Waals surface area contributed by atoms with Gasteiger partial charge in [-0.05, 0) is 31.4 Å². The smallest absolute Gasteiger partial charge is 0.341 e. The van der Waals surface area contributed by atoms with Crippen LogP contribution in [0, 0.1) is 0 Å². The van der Waals surface area contributed by atoms with Crippen molar-refractivity contribution in [2.75, 3.05) is 13.2 Å². The predicted molar refractivity (Wildman–Crippen MR) is 142 cm³/mol. The van der Waals surface area contributed by atoms with Crippen molar-refractivity contribution in [2.24, 2.45) is 0 Å². The van der Waals surface area contributed by atoms with Gasteiger partial charge in [-0.3, -0.25) is 0 Å². The third-order valence-corrected chi connectivity index (χ3v) is 4.01. The Balaban J connectivity index is 0. The Morgan fingerprint density at radius 1 is 0.973 bits per heavy atom. The summed E-state index contributed by atoms with van der Waals surface area (Å²) in [4.78, 5) is 42.0. The van der Waals surface area contributed by atoms with Gasteiger partial charge in [-0.25, -0.2) is 19.2 Å². The number of rotatable bonds is 12. The lowest BCUT2D eigenvalue weighted by Gasteiger charge is -1.99. The van der Waals surface area contributed by atoms with Gasteiger partial charge < -0.3 is 24.8 Å². The quantitative estimate of drug-likeness (QED) is 0.111. The van der Waals surface area contributed by atoms with Crippen LogP contribution in [-0.4, -0.2) is 52.4 Å². The van der Waals surface area contributed by atoms with Crippen LogP contribution < -0.4 is 0 Å². The first-order chi connectivity index (χ1) is 17.7. The van der Waals surface area contributed by atoms with Crippen LogP contribution in [0.25, 0.3) is 6.08 Å². The summed E-state index contributed by atoms with van der Waals surface area (Å²) in [6.45, 7) is 9.42. The zero-order valence-electron chi connectivity index (χ0n) is 21.5. The molecule has 0 aliphatic rings. The molecule has 9 heteroatoms. The van der Waals surface area contributed by atoms with Gasteiger partial charge in [0.15, 0.2) is 0 Å². The number of benzene rings is 1. The maximum Gasteiger partial charge on any atom is 0.341 e. The van der Waals surface area contributed by atoms with Gasteiger partial charge in [-0.1, -0.05) is 75.4 Å². The van der Waals surface area contributed by atoms with Crippen LogP contribution in [0.1, 0.15) is 45.6 Å². The lowest BCUT2D eigenvalue weighted by atomic mass is 10.1. The van der Waals surface area contributed by atoms with Gasteiger partial charge in [0.1, 0.15) is 0 Å².